The van der Waals surface area contributed by atoms with E-state index >= 15 is 0 Å². The third kappa shape index (κ3) is 3.74. The van der Waals surface area contributed by atoms with Crippen LogP contribution in [0.3, 0.4) is 0 Å². The Hall–Kier alpha value is -1.56. The summed E-state index contributed by atoms with van der Waals surface area (Å²) in [5.74, 6) is -0.272. The molecule has 0 bridgehead atoms. The molecule has 0 aliphatic heterocycles. The molecule has 0 spiro atoms. The summed E-state index contributed by atoms with van der Waals surface area (Å²) in [6, 6.07) is 0. The number of ether oxygens (including phenoxy) is 1. The molecule has 1 aromatic heterocycles. The molecule has 6 heteroatoms. The Balaban J connectivity index is 2.44. The number of nitrogens with one attached hydrogen (secondary N) is 2. The number of aryl methyl sites for hydroxylation is 1. The minimum atomic E-state index is -0.272. The van der Waals surface area contributed by atoms with Gasteiger partial charge in [0.2, 0.25) is 0 Å². The van der Waals surface area contributed by atoms with Crippen molar-refractivity contribution < 1.29 is 9.53 Å². The molecule has 1 heterocycles. The summed E-state index contributed by atoms with van der Waals surface area (Å²) in [6.45, 7) is 6.77. The molecule has 1 rings (SSSR count). The zero-order valence-electron chi connectivity index (χ0n) is 10.5. The second kappa shape index (κ2) is 6.24. The average molecular weight is 240 g/mol. The number of anilines is 1. The van der Waals surface area contributed by atoms with Crippen LogP contribution >= 0.6 is 0 Å². The van der Waals surface area contributed by atoms with Crippen molar-refractivity contribution in [2.75, 3.05) is 18.9 Å². The second-order valence-electron chi connectivity index (χ2n) is 3.99. The number of carbonyl (C=O) groups excluding carboxylic acids is 1. The van der Waals surface area contributed by atoms with Gasteiger partial charge in [-0.2, -0.15) is 5.10 Å². The summed E-state index contributed by atoms with van der Waals surface area (Å²) in [7, 11) is 0. The van der Waals surface area contributed by atoms with Crippen LogP contribution in [0.1, 0.15) is 37.0 Å². The fourth-order valence-corrected chi connectivity index (χ4v) is 1.37. The highest BCUT2D eigenvalue weighted by atomic mass is 16.5. The standard InChI is InChI=1S/C11H20N4O2/c1-4-8-9(12)10(15-14-8)11(16)13-5-6-17-7(2)3/h7H,4-6,12H2,1-3H3,(H,13,16)(H,14,15). The first-order valence-corrected chi connectivity index (χ1v) is 5.78. The van der Waals surface area contributed by atoms with Crippen LogP contribution in [0.2, 0.25) is 0 Å². The van der Waals surface area contributed by atoms with Gasteiger partial charge in [-0.25, -0.2) is 0 Å². The number of nitrogens with two attached hydrogens (primary N) is 1. The first-order valence-electron chi connectivity index (χ1n) is 5.78. The van der Waals surface area contributed by atoms with Crippen LogP contribution < -0.4 is 11.1 Å². The zero-order valence-corrected chi connectivity index (χ0v) is 10.5. The lowest BCUT2D eigenvalue weighted by atomic mass is 10.2. The van der Waals surface area contributed by atoms with E-state index in [0.717, 1.165) is 12.1 Å². The maximum atomic E-state index is 11.7. The number of H-pyrrole nitrogens is 1. The van der Waals surface area contributed by atoms with Gasteiger partial charge in [0.15, 0.2) is 5.69 Å². The fraction of sp³-hybridized carbons (Fsp3) is 0.636. The van der Waals surface area contributed by atoms with Crippen molar-refractivity contribution in [2.45, 2.75) is 33.3 Å². The summed E-state index contributed by atoms with van der Waals surface area (Å²) in [5, 5.41) is 9.35. The molecule has 0 aromatic carbocycles. The minimum absolute atomic E-state index is 0.161. The van der Waals surface area contributed by atoms with Gasteiger partial charge in [0.05, 0.1) is 24.1 Å². The van der Waals surface area contributed by atoms with E-state index in [0.29, 0.717) is 18.8 Å². The Morgan fingerprint density at radius 1 is 1.59 bits per heavy atom. The van der Waals surface area contributed by atoms with Crippen molar-refractivity contribution in [2.24, 2.45) is 0 Å². The van der Waals surface area contributed by atoms with E-state index in [4.69, 9.17) is 10.5 Å². The van der Waals surface area contributed by atoms with Crippen LogP contribution in [0.15, 0.2) is 0 Å². The summed E-state index contributed by atoms with van der Waals surface area (Å²) in [6.07, 6.45) is 0.886. The Bertz CT molecular complexity index is 374. The van der Waals surface area contributed by atoms with E-state index in [9.17, 15) is 4.79 Å². The molecule has 17 heavy (non-hydrogen) atoms. The Kier molecular flexibility index (Phi) is 4.96. The SMILES string of the molecule is CCc1[nH]nc(C(=O)NCCOC(C)C)c1N. The summed E-state index contributed by atoms with van der Waals surface area (Å²) >= 11 is 0. The lowest BCUT2D eigenvalue weighted by molar-refractivity contribution is 0.0745. The highest BCUT2D eigenvalue weighted by Crippen LogP contribution is 2.13. The number of nitrogen functional groups attached to an aromatic ring is 1. The number of carbonyl (C=O) groups is 1. The number of hydrogen-bond donors (Lipinski definition) is 3. The average Bonchev–Trinajstić information content (AvgIpc) is 2.65. The van der Waals surface area contributed by atoms with E-state index in [-0.39, 0.29) is 17.7 Å². The molecule has 1 amide bonds. The molecule has 4 N–H and O–H groups in total. The molecule has 0 saturated carbocycles. The molecule has 1 aromatic rings. The van der Waals surface area contributed by atoms with E-state index in [1.165, 1.54) is 0 Å². The number of nitrogens with zero attached hydrogens (tertiary/aromatic N) is 1. The third-order valence-corrected chi connectivity index (χ3v) is 2.29. The van der Waals surface area contributed by atoms with Gasteiger partial charge in [-0.3, -0.25) is 9.89 Å². The van der Waals surface area contributed by atoms with Crippen molar-refractivity contribution in [3.8, 4) is 0 Å². The Morgan fingerprint density at radius 3 is 2.82 bits per heavy atom. The van der Waals surface area contributed by atoms with Crippen LogP contribution in [0.5, 0.6) is 0 Å². The lowest BCUT2D eigenvalue weighted by Gasteiger charge is -2.07. The van der Waals surface area contributed by atoms with Crippen molar-refractivity contribution in [1.82, 2.24) is 15.5 Å². The molecule has 0 aliphatic rings. The molecule has 0 fully saturated rings. The number of hydrogen-bond acceptors (Lipinski definition) is 4. The normalized spacial score (nSPS) is 10.8. The van der Waals surface area contributed by atoms with Crippen LogP contribution in [0.4, 0.5) is 5.69 Å². The molecular weight excluding hydrogens is 220 g/mol. The quantitative estimate of drug-likeness (QED) is 0.638. The minimum Gasteiger partial charge on any atom is -0.395 e. The molecule has 6 nitrogen and oxygen atoms in total. The number of amides is 1. The predicted octanol–water partition coefficient (Wildman–Crippen LogP) is 0.709. The molecule has 0 aliphatic carbocycles. The fourth-order valence-electron chi connectivity index (χ4n) is 1.37. The van der Waals surface area contributed by atoms with E-state index < -0.39 is 0 Å². The molecular formula is C11H20N4O2. The topological polar surface area (TPSA) is 93.0 Å². The Morgan fingerprint density at radius 2 is 2.29 bits per heavy atom. The van der Waals surface area contributed by atoms with Gasteiger partial charge in [0.1, 0.15) is 0 Å². The van der Waals surface area contributed by atoms with Gasteiger partial charge >= 0.3 is 0 Å². The highest BCUT2D eigenvalue weighted by Gasteiger charge is 2.15. The zero-order chi connectivity index (χ0) is 12.8. The molecule has 0 saturated heterocycles. The smallest absolute Gasteiger partial charge is 0.274 e. The maximum Gasteiger partial charge on any atom is 0.274 e. The van der Waals surface area contributed by atoms with Gasteiger partial charge < -0.3 is 15.8 Å². The summed E-state index contributed by atoms with van der Waals surface area (Å²) < 4.78 is 5.31. The van der Waals surface area contributed by atoms with Crippen molar-refractivity contribution in [1.29, 1.82) is 0 Å². The predicted molar refractivity (Wildman–Crippen MR) is 65.8 cm³/mol. The second-order valence-corrected chi connectivity index (χ2v) is 3.99. The largest absolute Gasteiger partial charge is 0.395 e. The van der Waals surface area contributed by atoms with Gasteiger partial charge in [0.25, 0.3) is 5.91 Å². The van der Waals surface area contributed by atoms with Crippen molar-refractivity contribution in [3.63, 3.8) is 0 Å². The van der Waals surface area contributed by atoms with Crippen LogP contribution in [0.25, 0.3) is 0 Å². The molecule has 0 radical (unpaired) electrons. The third-order valence-electron chi connectivity index (χ3n) is 2.29. The van der Waals surface area contributed by atoms with Gasteiger partial charge in [-0.05, 0) is 20.3 Å². The number of aromatic nitrogens is 2. The summed E-state index contributed by atoms with van der Waals surface area (Å²) in [5.41, 5.74) is 7.25. The number of aromatic amines is 1. The molecule has 0 unspecified atom stereocenters. The monoisotopic (exact) mass is 240 g/mol. The van der Waals surface area contributed by atoms with E-state index in [2.05, 4.69) is 15.5 Å². The Labute approximate surface area is 101 Å². The van der Waals surface area contributed by atoms with Gasteiger partial charge in [-0.1, -0.05) is 6.92 Å². The molecule has 96 valence electrons. The van der Waals surface area contributed by atoms with Crippen LogP contribution in [-0.4, -0.2) is 35.4 Å². The van der Waals surface area contributed by atoms with Crippen molar-refractivity contribution in [3.05, 3.63) is 11.4 Å². The van der Waals surface area contributed by atoms with E-state index in [1.807, 2.05) is 20.8 Å². The first kappa shape index (κ1) is 13.5. The van der Waals surface area contributed by atoms with Crippen molar-refractivity contribution >= 4 is 11.6 Å². The summed E-state index contributed by atoms with van der Waals surface area (Å²) in [4.78, 5) is 11.7. The van der Waals surface area contributed by atoms with Crippen LogP contribution in [0, 0.1) is 0 Å². The lowest BCUT2D eigenvalue weighted by Crippen LogP contribution is -2.28. The highest BCUT2D eigenvalue weighted by molar-refractivity contribution is 5.97. The first-order chi connectivity index (χ1) is 8.06. The van der Waals surface area contributed by atoms with Gasteiger partial charge in [0, 0.05) is 6.54 Å². The maximum absolute atomic E-state index is 11.7. The van der Waals surface area contributed by atoms with Gasteiger partial charge in [-0.15, -0.1) is 0 Å². The van der Waals surface area contributed by atoms with Crippen LogP contribution in [-0.2, 0) is 11.2 Å². The van der Waals surface area contributed by atoms with E-state index in [1.54, 1.807) is 0 Å². The number of rotatable bonds is 6. The molecule has 0 atom stereocenters.